The zero-order valence-corrected chi connectivity index (χ0v) is 16.9. The molecule has 3 rings (SSSR count). The van der Waals surface area contributed by atoms with Crippen LogP contribution in [0.5, 0.6) is 0 Å². The van der Waals surface area contributed by atoms with Gasteiger partial charge in [0.2, 0.25) is 0 Å². The molecule has 0 saturated carbocycles. The van der Waals surface area contributed by atoms with E-state index in [0.29, 0.717) is 13.1 Å². The molecular formula is C21H31N3O2S. The Morgan fingerprint density at radius 2 is 1.89 bits per heavy atom. The third kappa shape index (κ3) is 6.18. The second-order valence-electron chi connectivity index (χ2n) is 7.49. The SMILES string of the molecule is O=C(NCCC1=CCCCC1)C(=O)NCC(c1ccsc1)N1CCCCC1. The number of carbonyl (C=O) groups is 2. The van der Waals surface area contributed by atoms with E-state index in [1.165, 1.54) is 43.2 Å². The van der Waals surface area contributed by atoms with Crippen molar-refractivity contribution in [1.29, 1.82) is 0 Å². The summed E-state index contributed by atoms with van der Waals surface area (Å²) in [7, 11) is 0. The van der Waals surface area contributed by atoms with Gasteiger partial charge in [-0.3, -0.25) is 14.5 Å². The third-order valence-electron chi connectivity index (χ3n) is 5.54. The smallest absolute Gasteiger partial charge is 0.309 e. The second-order valence-corrected chi connectivity index (χ2v) is 8.27. The molecule has 1 fully saturated rings. The van der Waals surface area contributed by atoms with Gasteiger partial charge in [0.05, 0.1) is 6.04 Å². The molecule has 6 heteroatoms. The highest BCUT2D eigenvalue weighted by Crippen LogP contribution is 2.25. The molecule has 0 radical (unpaired) electrons. The summed E-state index contributed by atoms with van der Waals surface area (Å²) in [4.78, 5) is 26.8. The molecule has 1 atom stereocenters. The Labute approximate surface area is 166 Å². The number of rotatable bonds is 7. The summed E-state index contributed by atoms with van der Waals surface area (Å²) < 4.78 is 0. The molecule has 2 amide bonds. The Hall–Kier alpha value is -1.66. The van der Waals surface area contributed by atoms with E-state index < -0.39 is 11.8 Å². The summed E-state index contributed by atoms with van der Waals surface area (Å²) in [6.07, 6.45) is 11.6. The first-order valence-electron chi connectivity index (χ1n) is 10.2. The van der Waals surface area contributed by atoms with Gasteiger partial charge in [-0.1, -0.05) is 18.1 Å². The number of hydrogen-bond acceptors (Lipinski definition) is 4. The van der Waals surface area contributed by atoms with Gasteiger partial charge in [0.25, 0.3) is 0 Å². The maximum Gasteiger partial charge on any atom is 0.309 e. The van der Waals surface area contributed by atoms with Crippen LogP contribution >= 0.6 is 11.3 Å². The molecular weight excluding hydrogens is 358 g/mol. The van der Waals surface area contributed by atoms with Gasteiger partial charge in [-0.15, -0.1) is 0 Å². The van der Waals surface area contributed by atoms with Gasteiger partial charge in [0.1, 0.15) is 0 Å². The number of likely N-dealkylation sites (tertiary alicyclic amines) is 1. The molecule has 0 aromatic carbocycles. The van der Waals surface area contributed by atoms with E-state index in [2.05, 4.69) is 38.4 Å². The van der Waals surface area contributed by atoms with E-state index >= 15 is 0 Å². The van der Waals surface area contributed by atoms with Crippen LogP contribution in [0.3, 0.4) is 0 Å². The molecule has 2 N–H and O–H groups in total. The van der Waals surface area contributed by atoms with Crippen molar-refractivity contribution < 1.29 is 9.59 Å². The van der Waals surface area contributed by atoms with Gasteiger partial charge < -0.3 is 10.6 Å². The minimum atomic E-state index is -0.523. The minimum absolute atomic E-state index is 0.153. The lowest BCUT2D eigenvalue weighted by atomic mass is 9.97. The number of carbonyl (C=O) groups excluding carboxylic acids is 2. The van der Waals surface area contributed by atoms with E-state index in [1.807, 2.05) is 0 Å². The number of piperidine rings is 1. The second kappa shape index (κ2) is 10.6. The highest BCUT2D eigenvalue weighted by molar-refractivity contribution is 7.07. The van der Waals surface area contributed by atoms with Crippen LogP contribution in [-0.4, -0.2) is 42.9 Å². The maximum atomic E-state index is 12.2. The van der Waals surface area contributed by atoms with Gasteiger partial charge in [0.15, 0.2) is 0 Å². The van der Waals surface area contributed by atoms with Gasteiger partial charge in [-0.2, -0.15) is 11.3 Å². The number of amides is 2. The van der Waals surface area contributed by atoms with Crippen LogP contribution in [-0.2, 0) is 9.59 Å². The molecule has 0 spiro atoms. The number of nitrogens with zero attached hydrogens (tertiary/aromatic N) is 1. The molecule has 2 heterocycles. The number of hydrogen-bond donors (Lipinski definition) is 2. The Balaban J connectivity index is 1.45. The van der Waals surface area contributed by atoms with E-state index in [9.17, 15) is 9.59 Å². The molecule has 2 aliphatic rings. The largest absolute Gasteiger partial charge is 0.348 e. The molecule has 5 nitrogen and oxygen atoms in total. The molecule has 1 aromatic heterocycles. The van der Waals surface area contributed by atoms with Crippen molar-refractivity contribution in [2.45, 2.75) is 57.4 Å². The van der Waals surface area contributed by atoms with Crippen molar-refractivity contribution in [3.05, 3.63) is 34.0 Å². The fourth-order valence-corrected chi connectivity index (χ4v) is 4.68. The Bertz CT molecular complexity index is 636. The Morgan fingerprint density at radius 3 is 2.59 bits per heavy atom. The lowest BCUT2D eigenvalue weighted by Gasteiger charge is -2.34. The molecule has 1 aliphatic heterocycles. The van der Waals surface area contributed by atoms with Crippen molar-refractivity contribution >= 4 is 23.2 Å². The predicted molar refractivity (Wildman–Crippen MR) is 110 cm³/mol. The number of nitrogens with one attached hydrogen (secondary N) is 2. The van der Waals surface area contributed by atoms with E-state index in [0.717, 1.165) is 32.4 Å². The summed E-state index contributed by atoms with van der Waals surface area (Å²) in [6.45, 7) is 3.13. The van der Waals surface area contributed by atoms with E-state index in [1.54, 1.807) is 11.3 Å². The summed E-state index contributed by atoms with van der Waals surface area (Å²) >= 11 is 1.67. The quantitative estimate of drug-likeness (QED) is 0.555. The molecule has 1 aliphatic carbocycles. The standard InChI is InChI=1S/C21H31N3O2S/c25-20(22-11-9-17-7-3-1-4-8-17)21(26)23-15-19(18-10-14-27-16-18)24-12-5-2-6-13-24/h7,10,14,16,19H,1-6,8-9,11-13,15H2,(H,22,25)(H,23,26). The van der Waals surface area contributed by atoms with Crippen molar-refractivity contribution in [3.63, 3.8) is 0 Å². The lowest BCUT2D eigenvalue weighted by Crippen LogP contribution is -2.45. The normalized spacial score (nSPS) is 19.2. The lowest BCUT2D eigenvalue weighted by molar-refractivity contribution is -0.139. The van der Waals surface area contributed by atoms with Crippen LogP contribution < -0.4 is 10.6 Å². The first-order chi connectivity index (χ1) is 13.2. The van der Waals surface area contributed by atoms with Crippen LogP contribution in [0.2, 0.25) is 0 Å². The van der Waals surface area contributed by atoms with Crippen LogP contribution in [0.4, 0.5) is 0 Å². The van der Waals surface area contributed by atoms with Crippen molar-refractivity contribution in [3.8, 4) is 0 Å². The van der Waals surface area contributed by atoms with Gasteiger partial charge in [-0.25, -0.2) is 0 Å². The fourth-order valence-electron chi connectivity index (χ4n) is 3.97. The molecule has 1 unspecified atom stereocenters. The molecule has 27 heavy (non-hydrogen) atoms. The van der Waals surface area contributed by atoms with E-state index in [4.69, 9.17) is 0 Å². The van der Waals surface area contributed by atoms with Crippen molar-refractivity contribution in [2.24, 2.45) is 0 Å². The topological polar surface area (TPSA) is 61.4 Å². The molecule has 148 valence electrons. The van der Waals surface area contributed by atoms with Gasteiger partial charge >= 0.3 is 11.8 Å². The fraction of sp³-hybridized carbons (Fsp3) is 0.619. The highest BCUT2D eigenvalue weighted by atomic mass is 32.1. The zero-order valence-electron chi connectivity index (χ0n) is 16.0. The first kappa shape index (κ1) is 20.1. The van der Waals surface area contributed by atoms with Crippen LogP contribution in [0.1, 0.15) is 63.0 Å². The number of allylic oxidation sites excluding steroid dienone is 1. The Morgan fingerprint density at radius 1 is 1.07 bits per heavy atom. The summed E-state index contributed by atoms with van der Waals surface area (Å²) in [6, 6.07) is 2.27. The maximum absolute atomic E-state index is 12.2. The number of thiophene rings is 1. The van der Waals surface area contributed by atoms with Crippen molar-refractivity contribution in [1.82, 2.24) is 15.5 Å². The van der Waals surface area contributed by atoms with Crippen molar-refractivity contribution in [2.75, 3.05) is 26.2 Å². The zero-order chi connectivity index (χ0) is 18.9. The third-order valence-corrected chi connectivity index (χ3v) is 6.24. The average molecular weight is 390 g/mol. The highest BCUT2D eigenvalue weighted by Gasteiger charge is 2.24. The summed E-state index contributed by atoms with van der Waals surface area (Å²) in [5, 5.41) is 9.83. The minimum Gasteiger partial charge on any atom is -0.348 e. The molecule has 0 bridgehead atoms. The monoisotopic (exact) mass is 389 g/mol. The van der Waals surface area contributed by atoms with Gasteiger partial charge in [0, 0.05) is 13.1 Å². The predicted octanol–water partition coefficient (Wildman–Crippen LogP) is 3.40. The summed E-state index contributed by atoms with van der Waals surface area (Å²) in [5.74, 6) is -1.04. The first-order valence-corrected chi connectivity index (χ1v) is 11.2. The van der Waals surface area contributed by atoms with Crippen LogP contribution in [0, 0.1) is 0 Å². The average Bonchev–Trinajstić information content (AvgIpc) is 3.24. The van der Waals surface area contributed by atoms with E-state index in [-0.39, 0.29) is 6.04 Å². The van der Waals surface area contributed by atoms with Gasteiger partial charge in [-0.05, 0) is 80.4 Å². The van der Waals surface area contributed by atoms with Crippen LogP contribution in [0.15, 0.2) is 28.5 Å². The molecule has 1 aromatic rings. The molecule has 1 saturated heterocycles. The summed E-state index contributed by atoms with van der Waals surface area (Å²) in [5.41, 5.74) is 2.64. The van der Waals surface area contributed by atoms with Crippen LogP contribution in [0.25, 0.3) is 0 Å². The Kier molecular flexibility index (Phi) is 7.90.